The Kier molecular flexibility index (Phi) is 12.4. The van der Waals surface area contributed by atoms with Crippen molar-refractivity contribution in [1.82, 2.24) is 0 Å². The number of amidine groups is 1. The molecule has 2 atom stereocenters. The fourth-order valence-corrected chi connectivity index (χ4v) is 2.02. The molecule has 0 spiro atoms. The molecular weight excluding hydrogens is 289 g/mol. The van der Waals surface area contributed by atoms with Crippen molar-refractivity contribution in [2.24, 2.45) is 16.5 Å². The molecule has 17 heavy (non-hydrogen) atoms. The van der Waals surface area contributed by atoms with Gasteiger partial charge in [0.15, 0.2) is 0 Å². The van der Waals surface area contributed by atoms with E-state index in [2.05, 4.69) is 4.99 Å². The summed E-state index contributed by atoms with van der Waals surface area (Å²) in [5.74, 6) is -0.550. The Morgan fingerprint density at radius 1 is 1.47 bits per heavy atom. The zero-order chi connectivity index (χ0) is 12.1. The van der Waals surface area contributed by atoms with Crippen molar-refractivity contribution in [1.29, 1.82) is 0 Å². The van der Waals surface area contributed by atoms with Gasteiger partial charge in [0, 0.05) is 16.6 Å². The van der Waals surface area contributed by atoms with Crippen molar-refractivity contribution in [3.8, 4) is 0 Å². The average molecular weight is 308 g/mol. The molecule has 0 aromatic carbocycles. The zero-order valence-corrected chi connectivity index (χ0v) is 12.2. The number of rotatable bonds is 6. The standard InChI is InChI=1S/C8H17N3O3S.2ClH/c1-6(9)11-3-4-15(14)5-8(2,10)7(12)13;;/h3-5,10H2,1-2H3,(H2,9,11)(H,12,13);2*1H. The van der Waals surface area contributed by atoms with E-state index in [-0.39, 0.29) is 36.3 Å². The van der Waals surface area contributed by atoms with Crippen molar-refractivity contribution in [3.63, 3.8) is 0 Å². The number of aliphatic carboxylic acids is 1. The second-order valence-electron chi connectivity index (χ2n) is 3.53. The average Bonchev–Trinajstić information content (AvgIpc) is 2.01. The van der Waals surface area contributed by atoms with Gasteiger partial charge in [0.25, 0.3) is 0 Å². The van der Waals surface area contributed by atoms with Crippen LogP contribution < -0.4 is 11.5 Å². The first-order valence-corrected chi connectivity index (χ1v) is 5.88. The summed E-state index contributed by atoms with van der Waals surface area (Å²) < 4.78 is 11.4. The van der Waals surface area contributed by atoms with Crippen molar-refractivity contribution in [2.75, 3.05) is 18.1 Å². The predicted octanol–water partition coefficient (Wildman–Crippen LogP) is -0.242. The monoisotopic (exact) mass is 307 g/mol. The Hall–Kier alpha value is -0.370. The molecule has 0 aliphatic rings. The van der Waals surface area contributed by atoms with Crippen LogP contribution in [0, 0.1) is 0 Å². The van der Waals surface area contributed by atoms with Crippen LogP contribution in [0.3, 0.4) is 0 Å². The van der Waals surface area contributed by atoms with Crippen LogP contribution >= 0.6 is 24.8 Å². The molecule has 0 bridgehead atoms. The molecule has 0 radical (unpaired) electrons. The smallest absolute Gasteiger partial charge is 0.324 e. The molecule has 0 saturated carbocycles. The maximum atomic E-state index is 11.4. The van der Waals surface area contributed by atoms with Crippen LogP contribution in [-0.4, -0.2) is 44.7 Å². The Balaban J connectivity index is -0.000000980. The van der Waals surface area contributed by atoms with E-state index in [1.54, 1.807) is 6.92 Å². The topological polar surface area (TPSA) is 119 Å². The molecule has 0 aromatic heterocycles. The summed E-state index contributed by atoms with van der Waals surface area (Å²) in [4.78, 5) is 14.5. The van der Waals surface area contributed by atoms with Crippen molar-refractivity contribution in [3.05, 3.63) is 0 Å². The van der Waals surface area contributed by atoms with Crippen molar-refractivity contribution >= 4 is 47.4 Å². The number of halogens is 2. The number of carboxylic acids is 1. The maximum Gasteiger partial charge on any atom is 0.324 e. The summed E-state index contributed by atoms with van der Waals surface area (Å²) in [5.41, 5.74) is 9.27. The number of aliphatic imine (C=N–C) groups is 1. The summed E-state index contributed by atoms with van der Waals surface area (Å²) in [6, 6.07) is 0. The third-order valence-electron chi connectivity index (χ3n) is 1.63. The Morgan fingerprint density at radius 3 is 2.29 bits per heavy atom. The van der Waals surface area contributed by atoms with Crippen LogP contribution in [0.4, 0.5) is 0 Å². The first-order chi connectivity index (χ1) is 6.75. The summed E-state index contributed by atoms with van der Waals surface area (Å²) in [6.07, 6.45) is 0. The Morgan fingerprint density at radius 2 is 1.94 bits per heavy atom. The summed E-state index contributed by atoms with van der Waals surface area (Å²) in [7, 11) is -1.29. The zero-order valence-electron chi connectivity index (χ0n) is 9.71. The van der Waals surface area contributed by atoms with Gasteiger partial charge in [-0.2, -0.15) is 0 Å². The number of hydrogen-bond acceptors (Lipinski definition) is 4. The highest BCUT2D eigenvalue weighted by Gasteiger charge is 2.29. The van der Waals surface area contributed by atoms with E-state index in [0.717, 1.165) is 0 Å². The van der Waals surface area contributed by atoms with E-state index < -0.39 is 22.3 Å². The summed E-state index contributed by atoms with van der Waals surface area (Å²) >= 11 is 0. The fourth-order valence-electron chi connectivity index (χ4n) is 0.792. The van der Waals surface area contributed by atoms with Gasteiger partial charge in [0.05, 0.1) is 18.1 Å². The number of nitrogens with zero attached hydrogens (tertiary/aromatic N) is 1. The predicted molar refractivity (Wildman–Crippen MR) is 74.8 cm³/mol. The SMILES string of the molecule is CC(N)=NCCS(=O)CC(C)(N)C(=O)O.Cl.Cl. The number of nitrogens with two attached hydrogens (primary N) is 2. The molecule has 104 valence electrons. The first kappa shape index (κ1) is 21.9. The van der Waals surface area contributed by atoms with Gasteiger partial charge in [0.2, 0.25) is 0 Å². The Bertz CT molecular complexity index is 294. The number of carboxylic acid groups (broad SMARTS) is 1. The fraction of sp³-hybridized carbons (Fsp3) is 0.750. The van der Waals surface area contributed by atoms with Crippen LogP contribution in [0.1, 0.15) is 13.8 Å². The van der Waals surface area contributed by atoms with E-state index >= 15 is 0 Å². The number of carbonyl (C=O) groups is 1. The lowest BCUT2D eigenvalue weighted by atomic mass is 10.1. The molecular formula is C8H19Cl2N3O3S. The molecule has 6 nitrogen and oxygen atoms in total. The highest BCUT2D eigenvalue weighted by Crippen LogP contribution is 2.02. The molecule has 2 unspecified atom stereocenters. The molecule has 0 heterocycles. The number of hydrogen-bond donors (Lipinski definition) is 3. The first-order valence-electron chi connectivity index (χ1n) is 4.39. The minimum absolute atomic E-state index is 0. The molecule has 0 fully saturated rings. The lowest BCUT2D eigenvalue weighted by Gasteiger charge is -2.17. The van der Waals surface area contributed by atoms with Gasteiger partial charge < -0.3 is 16.6 Å². The molecule has 0 aliphatic heterocycles. The molecule has 0 amide bonds. The largest absolute Gasteiger partial charge is 0.480 e. The van der Waals surface area contributed by atoms with Crippen LogP contribution in [0.2, 0.25) is 0 Å². The second-order valence-corrected chi connectivity index (χ2v) is 5.11. The van der Waals surface area contributed by atoms with E-state index in [0.29, 0.717) is 12.4 Å². The highest BCUT2D eigenvalue weighted by atomic mass is 35.5. The highest BCUT2D eigenvalue weighted by molar-refractivity contribution is 7.85. The Labute approximate surface area is 116 Å². The van der Waals surface area contributed by atoms with Crippen molar-refractivity contribution in [2.45, 2.75) is 19.4 Å². The van der Waals surface area contributed by atoms with Crippen LogP contribution in [0.15, 0.2) is 4.99 Å². The minimum atomic E-state index is -1.45. The molecule has 9 heteroatoms. The quantitative estimate of drug-likeness (QED) is 0.462. The van der Waals surface area contributed by atoms with Crippen LogP contribution in [0.5, 0.6) is 0 Å². The van der Waals surface area contributed by atoms with Gasteiger partial charge in [-0.05, 0) is 13.8 Å². The third kappa shape index (κ3) is 10.5. The summed E-state index contributed by atoms with van der Waals surface area (Å²) in [5, 5.41) is 8.70. The van der Waals surface area contributed by atoms with Crippen LogP contribution in [0.25, 0.3) is 0 Å². The van der Waals surface area contributed by atoms with Crippen molar-refractivity contribution < 1.29 is 14.1 Å². The van der Waals surface area contributed by atoms with Crippen LogP contribution in [-0.2, 0) is 15.6 Å². The normalized spacial score (nSPS) is 16.1. The van der Waals surface area contributed by atoms with Gasteiger partial charge in [-0.25, -0.2) is 0 Å². The van der Waals surface area contributed by atoms with E-state index in [4.69, 9.17) is 16.6 Å². The molecule has 0 rings (SSSR count). The maximum absolute atomic E-state index is 11.4. The minimum Gasteiger partial charge on any atom is -0.480 e. The molecule has 0 aliphatic carbocycles. The van der Waals surface area contributed by atoms with Gasteiger partial charge in [-0.1, -0.05) is 0 Å². The molecule has 0 aromatic rings. The lowest BCUT2D eigenvalue weighted by Crippen LogP contribution is -2.49. The van der Waals surface area contributed by atoms with Gasteiger partial charge in [0.1, 0.15) is 5.54 Å². The molecule has 0 saturated heterocycles. The van der Waals surface area contributed by atoms with E-state index in [1.165, 1.54) is 6.92 Å². The van der Waals surface area contributed by atoms with Gasteiger partial charge in [-0.3, -0.25) is 14.0 Å². The third-order valence-corrected chi connectivity index (χ3v) is 3.19. The second kappa shape index (κ2) is 9.64. The summed E-state index contributed by atoms with van der Waals surface area (Å²) in [6.45, 7) is 3.29. The van der Waals surface area contributed by atoms with Gasteiger partial charge in [-0.15, -0.1) is 24.8 Å². The van der Waals surface area contributed by atoms with E-state index in [9.17, 15) is 9.00 Å². The lowest BCUT2D eigenvalue weighted by molar-refractivity contribution is -0.141. The van der Waals surface area contributed by atoms with E-state index in [1.807, 2.05) is 0 Å². The van der Waals surface area contributed by atoms with Gasteiger partial charge >= 0.3 is 5.97 Å². The molecule has 5 N–H and O–H groups in total.